The standard InChI is InChI=1S/C13H17FN2O/c1-10-5-6-16(8-10)9-13(17)15-12-4-2-3-11(14)7-12/h2-4,7,10H,5-6,8-9H2,1H3,(H,15,17)/t10-/m1/s1. The Morgan fingerprint density at radius 3 is 3.06 bits per heavy atom. The number of hydrogen-bond acceptors (Lipinski definition) is 2. The molecule has 4 heteroatoms. The lowest BCUT2D eigenvalue weighted by Crippen LogP contribution is -2.31. The van der Waals surface area contributed by atoms with Gasteiger partial charge in [-0.05, 0) is 37.1 Å². The van der Waals surface area contributed by atoms with Crippen LogP contribution < -0.4 is 5.32 Å². The van der Waals surface area contributed by atoms with E-state index in [2.05, 4.69) is 17.1 Å². The number of nitrogens with one attached hydrogen (secondary N) is 1. The topological polar surface area (TPSA) is 32.3 Å². The number of carbonyl (C=O) groups is 1. The lowest BCUT2D eigenvalue weighted by molar-refractivity contribution is -0.117. The molecule has 0 saturated carbocycles. The Balaban J connectivity index is 1.85. The zero-order valence-electron chi connectivity index (χ0n) is 9.95. The molecule has 0 unspecified atom stereocenters. The predicted molar refractivity (Wildman–Crippen MR) is 65.3 cm³/mol. The molecule has 1 amide bonds. The first kappa shape index (κ1) is 12.0. The number of anilines is 1. The Hall–Kier alpha value is -1.42. The van der Waals surface area contributed by atoms with Crippen molar-refractivity contribution in [3.05, 3.63) is 30.1 Å². The third kappa shape index (κ3) is 3.53. The van der Waals surface area contributed by atoms with E-state index in [-0.39, 0.29) is 11.7 Å². The highest BCUT2D eigenvalue weighted by molar-refractivity contribution is 5.92. The normalized spacial score (nSPS) is 20.5. The van der Waals surface area contributed by atoms with Crippen LogP contribution in [0.4, 0.5) is 10.1 Å². The van der Waals surface area contributed by atoms with Crippen LogP contribution in [-0.2, 0) is 4.79 Å². The summed E-state index contributed by atoms with van der Waals surface area (Å²) in [5, 5.41) is 2.70. The molecule has 0 radical (unpaired) electrons. The molecule has 3 nitrogen and oxygen atoms in total. The van der Waals surface area contributed by atoms with Crippen LogP contribution in [0.15, 0.2) is 24.3 Å². The average Bonchev–Trinajstić information content (AvgIpc) is 2.63. The molecule has 1 aromatic rings. The quantitative estimate of drug-likeness (QED) is 0.871. The van der Waals surface area contributed by atoms with Crippen LogP contribution in [0.3, 0.4) is 0 Å². The molecule has 17 heavy (non-hydrogen) atoms. The molecule has 1 aliphatic heterocycles. The molecule has 1 fully saturated rings. The van der Waals surface area contributed by atoms with Crippen molar-refractivity contribution in [3.63, 3.8) is 0 Å². The average molecular weight is 236 g/mol. The Morgan fingerprint density at radius 1 is 1.59 bits per heavy atom. The van der Waals surface area contributed by atoms with Crippen molar-refractivity contribution in [2.24, 2.45) is 5.92 Å². The highest BCUT2D eigenvalue weighted by atomic mass is 19.1. The number of hydrogen-bond donors (Lipinski definition) is 1. The van der Waals surface area contributed by atoms with E-state index in [1.807, 2.05) is 0 Å². The maximum Gasteiger partial charge on any atom is 0.238 e. The van der Waals surface area contributed by atoms with Crippen LogP contribution in [-0.4, -0.2) is 30.4 Å². The van der Waals surface area contributed by atoms with Gasteiger partial charge in [0.25, 0.3) is 0 Å². The van der Waals surface area contributed by atoms with Gasteiger partial charge < -0.3 is 5.32 Å². The Bertz CT molecular complexity index is 408. The fourth-order valence-electron chi connectivity index (χ4n) is 2.14. The molecule has 1 aromatic carbocycles. The van der Waals surface area contributed by atoms with Gasteiger partial charge in [0, 0.05) is 12.2 Å². The number of rotatable bonds is 3. The molecule has 0 bridgehead atoms. The number of nitrogens with zero attached hydrogens (tertiary/aromatic N) is 1. The lowest BCUT2D eigenvalue weighted by Gasteiger charge is -2.14. The van der Waals surface area contributed by atoms with Crippen LogP contribution >= 0.6 is 0 Å². The zero-order chi connectivity index (χ0) is 12.3. The maximum absolute atomic E-state index is 12.9. The molecule has 0 aromatic heterocycles. The summed E-state index contributed by atoms with van der Waals surface area (Å²) in [7, 11) is 0. The van der Waals surface area contributed by atoms with E-state index in [0.29, 0.717) is 18.2 Å². The molecule has 0 aliphatic carbocycles. The van der Waals surface area contributed by atoms with Gasteiger partial charge in [0.05, 0.1) is 6.54 Å². The molecule has 2 rings (SSSR count). The van der Waals surface area contributed by atoms with Gasteiger partial charge in [0.2, 0.25) is 5.91 Å². The van der Waals surface area contributed by atoms with Gasteiger partial charge >= 0.3 is 0 Å². The van der Waals surface area contributed by atoms with Crippen molar-refractivity contribution in [3.8, 4) is 0 Å². The van der Waals surface area contributed by atoms with Gasteiger partial charge in [0.15, 0.2) is 0 Å². The molecule has 1 saturated heterocycles. The fraction of sp³-hybridized carbons (Fsp3) is 0.462. The summed E-state index contributed by atoms with van der Waals surface area (Å²) >= 11 is 0. The van der Waals surface area contributed by atoms with Crippen molar-refractivity contribution in [2.45, 2.75) is 13.3 Å². The third-order valence-corrected chi connectivity index (χ3v) is 2.98. The van der Waals surface area contributed by atoms with Crippen molar-refractivity contribution >= 4 is 11.6 Å². The van der Waals surface area contributed by atoms with E-state index in [0.717, 1.165) is 19.5 Å². The zero-order valence-corrected chi connectivity index (χ0v) is 9.95. The van der Waals surface area contributed by atoms with Crippen molar-refractivity contribution in [1.29, 1.82) is 0 Å². The first-order valence-electron chi connectivity index (χ1n) is 5.91. The minimum atomic E-state index is -0.336. The first-order chi connectivity index (χ1) is 8.13. The molecule has 1 atom stereocenters. The second kappa shape index (κ2) is 5.27. The Morgan fingerprint density at radius 2 is 2.41 bits per heavy atom. The summed E-state index contributed by atoms with van der Waals surface area (Å²) in [5.74, 6) is 0.249. The first-order valence-corrected chi connectivity index (χ1v) is 5.91. The maximum atomic E-state index is 12.9. The number of benzene rings is 1. The Kier molecular flexibility index (Phi) is 3.74. The Labute approximate surface area is 101 Å². The fourth-order valence-corrected chi connectivity index (χ4v) is 2.14. The van der Waals surface area contributed by atoms with E-state index >= 15 is 0 Å². The summed E-state index contributed by atoms with van der Waals surface area (Å²) < 4.78 is 12.9. The van der Waals surface area contributed by atoms with Gasteiger partial charge in [-0.2, -0.15) is 0 Å². The van der Waals surface area contributed by atoms with Gasteiger partial charge in [-0.15, -0.1) is 0 Å². The summed E-state index contributed by atoms with van der Waals surface area (Å²) in [4.78, 5) is 13.8. The van der Waals surface area contributed by atoms with Gasteiger partial charge in [-0.3, -0.25) is 9.69 Å². The van der Waals surface area contributed by atoms with E-state index < -0.39 is 0 Å². The number of amides is 1. The smallest absolute Gasteiger partial charge is 0.238 e. The predicted octanol–water partition coefficient (Wildman–Crippen LogP) is 2.11. The largest absolute Gasteiger partial charge is 0.325 e. The van der Waals surface area contributed by atoms with E-state index in [1.165, 1.54) is 12.1 Å². The molecule has 1 N–H and O–H groups in total. The second-order valence-electron chi connectivity index (χ2n) is 4.69. The van der Waals surface area contributed by atoms with Crippen molar-refractivity contribution in [1.82, 2.24) is 4.90 Å². The monoisotopic (exact) mass is 236 g/mol. The van der Waals surface area contributed by atoms with Crippen LogP contribution in [0.1, 0.15) is 13.3 Å². The van der Waals surface area contributed by atoms with Gasteiger partial charge in [0.1, 0.15) is 5.82 Å². The van der Waals surface area contributed by atoms with E-state index in [4.69, 9.17) is 0 Å². The van der Waals surface area contributed by atoms with E-state index in [1.54, 1.807) is 12.1 Å². The minimum Gasteiger partial charge on any atom is -0.325 e. The molecular weight excluding hydrogens is 219 g/mol. The number of carbonyl (C=O) groups excluding carboxylic acids is 1. The third-order valence-electron chi connectivity index (χ3n) is 2.98. The van der Waals surface area contributed by atoms with Crippen LogP contribution in [0.2, 0.25) is 0 Å². The van der Waals surface area contributed by atoms with Crippen LogP contribution in [0, 0.1) is 11.7 Å². The van der Waals surface area contributed by atoms with Gasteiger partial charge in [-0.1, -0.05) is 13.0 Å². The molecule has 0 spiro atoms. The summed E-state index contributed by atoms with van der Waals surface area (Å²) in [6.45, 7) is 4.51. The van der Waals surface area contributed by atoms with Gasteiger partial charge in [-0.25, -0.2) is 4.39 Å². The van der Waals surface area contributed by atoms with Crippen LogP contribution in [0.5, 0.6) is 0 Å². The molecule has 92 valence electrons. The van der Waals surface area contributed by atoms with Crippen molar-refractivity contribution in [2.75, 3.05) is 25.0 Å². The number of likely N-dealkylation sites (tertiary alicyclic amines) is 1. The minimum absolute atomic E-state index is 0.0790. The summed E-state index contributed by atoms with van der Waals surface area (Å²) in [6.07, 6.45) is 1.15. The lowest BCUT2D eigenvalue weighted by atomic mass is 10.2. The highest BCUT2D eigenvalue weighted by Crippen LogP contribution is 2.15. The highest BCUT2D eigenvalue weighted by Gasteiger charge is 2.20. The molecular formula is C13H17FN2O. The summed E-state index contributed by atoms with van der Waals surface area (Å²) in [5.41, 5.74) is 0.516. The molecule has 1 heterocycles. The summed E-state index contributed by atoms with van der Waals surface area (Å²) in [6, 6.07) is 5.96. The van der Waals surface area contributed by atoms with Crippen molar-refractivity contribution < 1.29 is 9.18 Å². The van der Waals surface area contributed by atoms with E-state index in [9.17, 15) is 9.18 Å². The van der Waals surface area contributed by atoms with Crippen LogP contribution in [0.25, 0.3) is 0 Å². The SMILES string of the molecule is C[C@@H]1CCN(CC(=O)Nc2cccc(F)c2)C1. The second-order valence-corrected chi connectivity index (χ2v) is 4.69. The number of halogens is 1. The molecule has 1 aliphatic rings.